The molecular formula is C8H11BrN2S. The molecule has 1 aromatic heterocycles. The molecule has 0 radical (unpaired) electrons. The fraction of sp³-hybridized carbons (Fsp3) is 0.625. The number of hydrogen-bond donors (Lipinski definition) is 1. The second-order valence-electron chi connectivity index (χ2n) is 3.10. The van der Waals surface area contributed by atoms with Crippen molar-refractivity contribution in [1.82, 2.24) is 4.98 Å². The summed E-state index contributed by atoms with van der Waals surface area (Å²) in [4.78, 5) is 4.24. The topological polar surface area (TPSA) is 24.9 Å². The minimum atomic E-state index is 0.669. The van der Waals surface area contributed by atoms with Gasteiger partial charge in [0.15, 0.2) is 5.13 Å². The molecule has 0 bridgehead atoms. The standard InChI is InChI=1S/C8H11BrN2S/c9-7-5-10-8(12-7)11-6-3-1-2-4-6/h5-6H,1-4H2,(H,10,11). The summed E-state index contributed by atoms with van der Waals surface area (Å²) in [5.74, 6) is 0. The van der Waals surface area contributed by atoms with Gasteiger partial charge in [-0.2, -0.15) is 0 Å². The summed E-state index contributed by atoms with van der Waals surface area (Å²) in [6.45, 7) is 0. The van der Waals surface area contributed by atoms with Gasteiger partial charge in [0, 0.05) is 6.04 Å². The van der Waals surface area contributed by atoms with E-state index >= 15 is 0 Å². The van der Waals surface area contributed by atoms with E-state index in [-0.39, 0.29) is 0 Å². The van der Waals surface area contributed by atoms with E-state index in [1.807, 2.05) is 6.20 Å². The third-order valence-electron chi connectivity index (χ3n) is 2.16. The van der Waals surface area contributed by atoms with E-state index in [9.17, 15) is 0 Å². The molecule has 66 valence electrons. The van der Waals surface area contributed by atoms with E-state index < -0.39 is 0 Å². The number of halogens is 1. The molecule has 1 aromatic rings. The zero-order chi connectivity index (χ0) is 8.39. The van der Waals surface area contributed by atoms with Gasteiger partial charge < -0.3 is 5.32 Å². The third kappa shape index (κ3) is 1.98. The molecule has 0 aromatic carbocycles. The molecule has 0 spiro atoms. The highest BCUT2D eigenvalue weighted by Gasteiger charge is 2.15. The van der Waals surface area contributed by atoms with Crippen LogP contribution in [-0.2, 0) is 0 Å². The quantitative estimate of drug-likeness (QED) is 0.867. The lowest BCUT2D eigenvalue weighted by molar-refractivity contribution is 0.754. The van der Waals surface area contributed by atoms with Gasteiger partial charge in [-0.3, -0.25) is 0 Å². The van der Waals surface area contributed by atoms with Gasteiger partial charge in [-0.05, 0) is 28.8 Å². The van der Waals surface area contributed by atoms with Crippen LogP contribution in [0.3, 0.4) is 0 Å². The molecule has 12 heavy (non-hydrogen) atoms. The van der Waals surface area contributed by atoms with E-state index in [0.29, 0.717) is 6.04 Å². The second kappa shape index (κ2) is 3.75. The maximum absolute atomic E-state index is 4.24. The Morgan fingerprint density at radius 2 is 2.25 bits per heavy atom. The normalized spacial score (nSPS) is 18.4. The fourth-order valence-electron chi connectivity index (χ4n) is 1.57. The Morgan fingerprint density at radius 1 is 1.50 bits per heavy atom. The number of rotatable bonds is 2. The molecule has 1 aliphatic rings. The molecular weight excluding hydrogens is 236 g/mol. The van der Waals surface area contributed by atoms with Crippen LogP contribution < -0.4 is 5.32 Å². The molecule has 4 heteroatoms. The van der Waals surface area contributed by atoms with Gasteiger partial charge >= 0.3 is 0 Å². The van der Waals surface area contributed by atoms with Crippen LogP contribution in [0, 0.1) is 0 Å². The van der Waals surface area contributed by atoms with Gasteiger partial charge in [0.05, 0.1) is 9.98 Å². The number of nitrogens with zero attached hydrogens (tertiary/aromatic N) is 1. The van der Waals surface area contributed by atoms with E-state index in [1.165, 1.54) is 25.7 Å². The molecule has 1 aliphatic carbocycles. The van der Waals surface area contributed by atoms with Crippen molar-refractivity contribution < 1.29 is 0 Å². The zero-order valence-corrected chi connectivity index (χ0v) is 9.12. The molecule has 1 saturated carbocycles. The first-order valence-corrected chi connectivity index (χ1v) is 5.83. The summed E-state index contributed by atoms with van der Waals surface area (Å²) >= 11 is 5.07. The minimum absolute atomic E-state index is 0.669. The zero-order valence-electron chi connectivity index (χ0n) is 6.72. The predicted molar refractivity (Wildman–Crippen MR) is 55.7 cm³/mol. The van der Waals surface area contributed by atoms with Crippen LogP contribution in [0.2, 0.25) is 0 Å². The lowest BCUT2D eigenvalue weighted by Gasteiger charge is -2.08. The van der Waals surface area contributed by atoms with Gasteiger partial charge in [-0.15, -0.1) is 0 Å². The van der Waals surface area contributed by atoms with Crippen LogP contribution >= 0.6 is 27.3 Å². The predicted octanol–water partition coefficient (Wildman–Crippen LogP) is 3.26. The highest BCUT2D eigenvalue weighted by Crippen LogP contribution is 2.27. The first kappa shape index (κ1) is 8.51. The average molecular weight is 247 g/mol. The molecule has 0 atom stereocenters. The first-order valence-electron chi connectivity index (χ1n) is 4.22. The Bertz CT molecular complexity index is 255. The van der Waals surface area contributed by atoms with E-state index in [1.54, 1.807) is 11.3 Å². The lowest BCUT2D eigenvalue weighted by Crippen LogP contribution is -2.13. The van der Waals surface area contributed by atoms with Crippen molar-refractivity contribution in [3.63, 3.8) is 0 Å². The number of thiazole rings is 1. The molecule has 1 heterocycles. The summed E-state index contributed by atoms with van der Waals surface area (Å²) in [7, 11) is 0. The van der Waals surface area contributed by atoms with Crippen LogP contribution in [0.4, 0.5) is 5.13 Å². The Hall–Kier alpha value is -0.0900. The molecule has 2 rings (SSSR count). The lowest BCUT2D eigenvalue weighted by atomic mass is 10.3. The number of nitrogens with one attached hydrogen (secondary N) is 1. The number of hydrogen-bond acceptors (Lipinski definition) is 3. The Balaban J connectivity index is 1.94. The largest absolute Gasteiger partial charge is 0.359 e. The van der Waals surface area contributed by atoms with Gasteiger partial charge in [-0.1, -0.05) is 24.2 Å². The van der Waals surface area contributed by atoms with Crippen LogP contribution in [0.1, 0.15) is 25.7 Å². The minimum Gasteiger partial charge on any atom is -0.359 e. The highest BCUT2D eigenvalue weighted by atomic mass is 79.9. The summed E-state index contributed by atoms with van der Waals surface area (Å²) < 4.78 is 1.10. The molecule has 0 amide bonds. The molecule has 1 fully saturated rings. The van der Waals surface area contributed by atoms with Crippen molar-refractivity contribution in [1.29, 1.82) is 0 Å². The fourth-order valence-corrected chi connectivity index (χ4v) is 2.75. The Labute approximate surface area is 84.5 Å². The number of aromatic nitrogens is 1. The van der Waals surface area contributed by atoms with Crippen molar-refractivity contribution in [2.24, 2.45) is 0 Å². The second-order valence-corrected chi connectivity index (χ2v) is 5.51. The highest BCUT2D eigenvalue weighted by molar-refractivity contribution is 9.11. The van der Waals surface area contributed by atoms with Gasteiger partial charge in [0.1, 0.15) is 0 Å². The Morgan fingerprint density at radius 3 is 2.83 bits per heavy atom. The molecule has 0 aliphatic heterocycles. The van der Waals surface area contributed by atoms with E-state index in [2.05, 4.69) is 26.2 Å². The molecule has 0 unspecified atom stereocenters. The summed E-state index contributed by atoms with van der Waals surface area (Å²) in [6, 6.07) is 0.669. The van der Waals surface area contributed by atoms with Crippen molar-refractivity contribution in [3.05, 3.63) is 9.98 Å². The molecule has 1 N–H and O–H groups in total. The maximum Gasteiger partial charge on any atom is 0.183 e. The molecule has 2 nitrogen and oxygen atoms in total. The van der Waals surface area contributed by atoms with E-state index in [0.717, 1.165) is 8.92 Å². The van der Waals surface area contributed by atoms with Crippen molar-refractivity contribution in [2.75, 3.05) is 5.32 Å². The average Bonchev–Trinajstić information content (AvgIpc) is 2.63. The van der Waals surface area contributed by atoms with Gasteiger partial charge in [0.2, 0.25) is 0 Å². The van der Waals surface area contributed by atoms with Gasteiger partial charge in [0.25, 0.3) is 0 Å². The van der Waals surface area contributed by atoms with Crippen LogP contribution in [-0.4, -0.2) is 11.0 Å². The summed E-state index contributed by atoms with van der Waals surface area (Å²) in [5, 5.41) is 4.49. The summed E-state index contributed by atoms with van der Waals surface area (Å²) in [6.07, 6.45) is 7.19. The maximum atomic E-state index is 4.24. The molecule has 0 saturated heterocycles. The Kier molecular flexibility index (Phi) is 2.66. The monoisotopic (exact) mass is 246 g/mol. The van der Waals surface area contributed by atoms with Gasteiger partial charge in [-0.25, -0.2) is 4.98 Å². The number of anilines is 1. The third-order valence-corrected chi connectivity index (χ3v) is 3.57. The smallest absolute Gasteiger partial charge is 0.183 e. The van der Waals surface area contributed by atoms with Crippen LogP contribution in [0.5, 0.6) is 0 Å². The summed E-state index contributed by atoms with van der Waals surface area (Å²) in [5.41, 5.74) is 0. The van der Waals surface area contributed by atoms with Crippen LogP contribution in [0.25, 0.3) is 0 Å². The SMILES string of the molecule is Brc1cnc(NC2CCCC2)s1. The first-order chi connectivity index (χ1) is 5.84. The van der Waals surface area contributed by atoms with Crippen molar-refractivity contribution in [2.45, 2.75) is 31.7 Å². The van der Waals surface area contributed by atoms with E-state index in [4.69, 9.17) is 0 Å². The van der Waals surface area contributed by atoms with Crippen molar-refractivity contribution in [3.8, 4) is 0 Å². The van der Waals surface area contributed by atoms with Crippen molar-refractivity contribution >= 4 is 32.4 Å². The van der Waals surface area contributed by atoms with Crippen LogP contribution in [0.15, 0.2) is 9.98 Å².